The zero-order valence-corrected chi connectivity index (χ0v) is 17.8. The van der Waals surface area contributed by atoms with Gasteiger partial charge in [-0.25, -0.2) is 0 Å². The first-order valence-electron chi connectivity index (χ1n) is 10.4. The van der Waals surface area contributed by atoms with Gasteiger partial charge >= 0.3 is 0 Å². The molecule has 1 aromatic carbocycles. The average Bonchev–Trinajstić information content (AvgIpc) is 2.59. The third-order valence-corrected chi connectivity index (χ3v) is 6.61. The second-order valence-corrected chi connectivity index (χ2v) is 9.89. The van der Waals surface area contributed by atoms with Crippen LogP contribution in [0.5, 0.6) is 0 Å². The fourth-order valence-electron chi connectivity index (χ4n) is 5.89. The van der Waals surface area contributed by atoms with Crippen molar-refractivity contribution in [2.24, 2.45) is 23.7 Å². The number of hydrogen-bond donors (Lipinski definition) is 1. The molecule has 2 fully saturated rings. The average molecular weight is 368 g/mol. The van der Waals surface area contributed by atoms with Gasteiger partial charge in [0.15, 0.2) is 0 Å². The third-order valence-electron chi connectivity index (χ3n) is 6.61. The Balaban J connectivity index is 0.00000126. The minimum atomic E-state index is -0.171. The van der Waals surface area contributed by atoms with Gasteiger partial charge in [0, 0.05) is 17.4 Å². The maximum absolute atomic E-state index is 13.0. The largest absolute Gasteiger partial charge is 0.351 e. The fraction of sp³-hybridized carbons (Fsp3) is 0.640. The summed E-state index contributed by atoms with van der Waals surface area (Å²) in [6.07, 6.45) is 13.8. The predicted octanol–water partition coefficient (Wildman–Crippen LogP) is 5.57. The molecule has 5 atom stereocenters. The summed E-state index contributed by atoms with van der Waals surface area (Å²) in [5.74, 6) is 3.02. The lowest BCUT2D eigenvalue weighted by Crippen LogP contribution is -2.53. The van der Waals surface area contributed by atoms with Crippen molar-refractivity contribution in [2.75, 3.05) is 0 Å². The van der Waals surface area contributed by atoms with Crippen molar-refractivity contribution in [3.8, 4) is 12.8 Å². The topological polar surface area (TPSA) is 29.1 Å². The SMILES string of the molecule is C#C.CC1CC2CC(C)C(CC(=O)NC(C)(C)C)(c3ccccc3)C(C1)C2. The number of carbonyl (C=O) groups excluding carboxylic acids is 1. The summed E-state index contributed by atoms with van der Waals surface area (Å²) in [6.45, 7) is 11.0. The van der Waals surface area contributed by atoms with E-state index in [1.165, 1.54) is 31.2 Å². The minimum Gasteiger partial charge on any atom is -0.351 e. The predicted molar refractivity (Wildman–Crippen MR) is 114 cm³/mol. The van der Waals surface area contributed by atoms with E-state index in [0.717, 1.165) is 11.8 Å². The number of terminal acetylenes is 1. The second-order valence-electron chi connectivity index (χ2n) is 9.89. The van der Waals surface area contributed by atoms with Crippen LogP contribution in [0, 0.1) is 36.5 Å². The number of benzene rings is 1. The number of fused-ring (bicyclic) bond motifs is 2. The van der Waals surface area contributed by atoms with E-state index in [0.29, 0.717) is 18.3 Å². The van der Waals surface area contributed by atoms with Gasteiger partial charge in [0.1, 0.15) is 0 Å². The molecule has 2 saturated carbocycles. The highest BCUT2D eigenvalue weighted by atomic mass is 16.1. The van der Waals surface area contributed by atoms with Crippen molar-refractivity contribution >= 4 is 5.91 Å². The molecular weight excluding hydrogens is 330 g/mol. The lowest BCUT2D eigenvalue weighted by Gasteiger charge is -2.55. The maximum atomic E-state index is 13.0. The quantitative estimate of drug-likeness (QED) is 0.695. The van der Waals surface area contributed by atoms with Gasteiger partial charge in [0.25, 0.3) is 0 Å². The van der Waals surface area contributed by atoms with Crippen molar-refractivity contribution in [3.63, 3.8) is 0 Å². The van der Waals surface area contributed by atoms with E-state index in [4.69, 9.17) is 0 Å². The molecular formula is C25H37NO. The summed E-state index contributed by atoms with van der Waals surface area (Å²) in [4.78, 5) is 13.0. The molecule has 2 aliphatic carbocycles. The Bertz CT molecular complexity index is 637. The molecule has 0 radical (unpaired) electrons. The molecule has 5 unspecified atom stereocenters. The number of amides is 1. The van der Waals surface area contributed by atoms with E-state index in [2.05, 4.69) is 83.1 Å². The number of nitrogens with one attached hydrogen (secondary N) is 1. The normalized spacial score (nSPS) is 32.7. The molecule has 2 aliphatic rings. The first-order valence-corrected chi connectivity index (χ1v) is 10.4. The molecule has 0 spiro atoms. The second kappa shape index (κ2) is 8.51. The summed E-state index contributed by atoms with van der Waals surface area (Å²) in [7, 11) is 0. The van der Waals surface area contributed by atoms with Crippen LogP contribution in [0.2, 0.25) is 0 Å². The van der Waals surface area contributed by atoms with Crippen molar-refractivity contribution in [2.45, 2.75) is 77.7 Å². The first-order chi connectivity index (χ1) is 12.7. The van der Waals surface area contributed by atoms with Gasteiger partial charge in [-0.3, -0.25) is 4.79 Å². The van der Waals surface area contributed by atoms with Gasteiger partial charge in [-0.05, 0) is 75.7 Å². The number of carbonyl (C=O) groups is 1. The van der Waals surface area contributed by atoms with E-state index in [-0.39, 0.29) is 16.9 Å². The van der Waals surface area contributed by atoms with Crippen molar-refractivity contribution in [1.29, 1.82) is 0 Å². The van der Waals surface area contributed by atoms with Crippen LogP contribution in [-0.4, -0.2) is 11.4 Å². The minimum absolute atomic E-state index is 0.0121. The third kappa shape index (κ3) is 4.75. The van der Waals surface area contributed by atoms with E-state index in [9.17, 15) is 4.79 Å². The van der Waals surface area contributed by atoms with Crippen LogP contribution in [-0.2, 0) is 10.2 Å². The number of rotatable bonds is 3. The standard InChI is InChI=1S/C23H35NO.C2H2/c1-16-11-18-13-17(2)23(20(12-16)14-18,19-9-7-6-8-10-19)15-21(25)24-22(3,4)5;1-2/h6-10,16-18,20H,11-15H2,1-5H3,(H,24,25);1-2H. The Morgan fingerprint density at radius 3 is 2.30 bits per heavy atom. The van der Waals surface area contributed by atoms with Gasteiger partial charge in [0.2, 0.25) is 5.91 Å². The number of hydrogen-bond acceptors (Lipinski definition) is 1. The molecule has 3 rings (SSSR count). The molecule has 1 amide bonds. The molecule has 27 heavy (non-hydrogen) atoms. The van der Waals surface area contributed by atoms with Gasteiger partial charge in [0.05, 0.1) is 0 Å². The summed E-state index contributed by atoms with van der Waals surface area (Å²) in [5.41, 5.74) is 1.20. The van der Waals surface area contributed by atoms with Crippen molar-refractivity contribution < 1.29 is 4.79 Å². The zero-order chi connectivity index (χ0) is 20.2. The van der Waals surface area contributed by atoms with E-state index >= 15 is 0 Å². The van der Waals surface area contributed by atoms with Gasteiger partial charge in [-0.2, -0.15) is 0 Å². The Kier molecular flexibility index (Phi) is 6.79. The Morgan fingerprint density at radius 1 is 1.07 bits per heavy atom. The maximum Gasteiger partial charge on any atom is 0.221 e. The monoisotopic (exact) mass is 367 g/mol. The van der Waals surface area contributed by atoms with Crippen LogP contribution in [0.1, 0.15) is 72.3 Å². The van der Waals surface area contributed by atoms with Gasteiger partial charge < -0.3 is 5.32 Å². The van der Waals surface area contributed by atoms with Crippen molar-refractivity contribution in [3.05, 3.63) is 35.9 Å². The first kappa shape index (κ1) is 21.5. The molecule has 0 saturated heterocycles. The lowest BCUT2D eigenvalue weighted by molar-refractivity contribution is -0.126. The highest BCUT2D eigenvalue weighted by Gasteiger charge is 2.52. The Morgan fingerprint density at radius 2 is 1.70 bits per heavy atom. The van der Waals surface area contributed by atoms with E-state index < -0.39 is 0 Å². The summed E-state index contributed by atoms with van der Waals surface area (Å²) in [5, 5.41) is 3.23. The van der Waals surface area contributed by atoms with Crippen LogP contribution >= 0.6 is 0 Å². The molecule has 2 nitrogen and oxygen atoms in total. The summed E-state index contributed by atoms with van der Waals surface area (Å²) < 4.78 is 0. The van der Waals surface area contributed by atoms with Crippen molar-refractivity contribution in [1.82, 2.24) is 5.32 Å². The molecule has 0 aliphatic heterocycles. The van der Waals surface area contributed by atoms with Crippen LogP contribution in [0.3, 0.4) is 0 Å². The zero-order valence-electron chi connectivity index (χ0n) is 17.8. The molecule has 0 aromatic heterocycles. The lowest BCUT2D eigenvalue weighted by atomic mass is 9.49. The summed E-state index contributed by atoms with van der Waals surface area (Å²) in [6, 6.07) is 10.9. The fourth-order valence-corrected chi connectivity index (χ4v) is 5.89. The molecule has 1 N–H and O–H groups in total. The summed E-state index contributed by atoms with van der Waals surface area (Å²) >= 11 is 0. The Labute approximate surface area is 166 Å². The van der Waals surface area contributed by atoms with Gasteiger partial charge in [-0.1, -0.05) is 44.2 Å². The van der Waals surface area contributed by atoms with E-state index in [1.807, 2.05) is 0 Å². The molecule has 2 bridgehead atoms. The molecule has 1 aromatic rings. The Hall–Kier alpha value is -1.75. The van der Waals surface area contributed by atoms with Gasteiger partial charge in [-0.15, -0.1) is 12.8 Å². The highest BCUT2D eigenvalue weighted by molar-refractivity contribution is 5.78. The van der Waals surface area contributed by atoms with Crippen LogP contribution < -0.4 is 5.32 Å². The van der Waals surface area contributed by atoms with E-state index in [1.54, 1.807) is 0 Å². The highest BCUT2D eigenvalue weighted by Crippen LogP contribution is 2.57. The van der Waals surface area contributed by atoms with Crippen LogP contribution in [0.4, 0.5) is 0 Å². The molecule has 148 valence electrons. The van der Waals surface area contributed by atoms with Crippen LogP contribution in [0.25, 0.3) is 0 Å². The smallest absolute Gasteiger partial charge is 0.221 e. The molecule has 0 heterocycles. The van der Waals surface area contributed by atoms with Crippen LogP contribution in [0.15, 0.2) is 30.3 Å². The molecule has 2 heteroatoms.